The molecule has 0 bridgehead atoms. The Kier molecular flexibility index (Phi) is 5.87. The minimum Gasteiger partial charge on any atom is -0.463 e. The molecule has 0 radical (unpaired) electrons. The van der Waals surface area contributed by atoms with Gasteiger partial charge >= 0.3 is 0 Å². The Labute approximate surface area is 204 Å². The number of carbonyl (C=O) groups excluding carboxylic acids is 2. The SMILES string of the molecule is CC(=O)NC(C)c1ccc(-c2csc(NC(=O)c3cc(-c4ccco4)nc4onc(C)c34)n2)cc1. The van der Waals surface area contributed by atoms with Crippen LogP contribution < -0.4 is 10.6 Å². The van der Waals surface area contributed by atoms with Gasteiger partial charge in [-0.25, -0.2) is 9.97 Å². The number of rotatable bonds is 6. The van der Waals surface area contributed by atoms with Crippen molar-refractivity contribution in [2.45, 2.75) is 26.8 Å². The minimum absolute atomic E-state index is 0.0781. The monoisotopic (exact) mass is 487 g/mol. The molecule has 1 atom stereocenters. The number of aromatic nitrogens is 3. The third kappa shape index (κ3) is 4.56. The van der Waals surface area contributed by atoms with Crippen LogP contribution in [-0.2, 0) is 4.79 Å². The fourth-order valence-electron chi connectivity index (χ4n) is 3.78. The zero-order valence-corrected chi connectivity index (χ0v) is 20.0. The van der Waals surface area contributed by atoms with Gasteiger partial charge in [0.05, 0.1) is 34.6 Å². The van der Waals surface area contributed by atoms with Crippen LogP contribution >= 0.6 is 11.3 Å². The molecule has 1 unspecified atom stereocenters. The highest BCUT2D eigenvalue weighted by Crippen LogP contribution is 2.30. The van der Waals surface area contributed by atoms with E-state index in [4.69, 9.17) is 8.94 Å². The number of anilines is 1. The summed E-state index contributed by atoms with van der Waals surface area (Å²) in [6, 6.07) is 12.9. The van der Waals surface area contributed by atoms with E-state index in [1.807, 2.05) is 36.6 Å². The Balaban J connectivity index is 1.39. The maximum absolute atomic E-state index is 13.2. The number of thiazole rings is 1. The van der Waals surface area contributed by atoms with E-state index in [2.05, 4.69) is 25.8 Å². The molecule has 4 heterocycles. The van der Waals surface area contributed by atoms with Crippen LogP contribution in [0.5, 0.6) is 0 Å². The smallest absolute Gasteiger partial charge is 0.259 e. The number of furan rings is 1. The van der Waals surface area contributed by atoms with Crippen molar-refractivity contribution in [1.82, 2.24) is 20.4 Å². The average Bonchev–Trinajstić information content (AvgIpc) is 3.60. The van der Waals surface area contributed by atoms with E-state index in [1.165, 1.54) is 24.5 Å². The van der Waals surface area contributed by atoms with E-state index in [0.717, 1.165) is 16.8 Å². The molecule has 176 valence electrons. The van der Waals surface area contributed by atoms with Gasteiger partial charge in [-0.3, -0.25) is 14.9 Å². The average molecular weight is 488 g/mol. The molecule has 5 aromatic rings. The second-order valence-electron chi connectivity index (χ2n) is 8.02. The summed E-state index contributed by atoms with van der Waals surface area (Å²) in [7, 11) is 0. The molecule has 2 amide bonds. The third-order valence-corrected chi connectivity index (χ3v) is 6.24. The molecule has 0 saturated carbocycles. The summed E-state index contributed by atoms with van der Waals surface area (Å²) in [5.74, 6) is 0.0882. The number of nitrogens with one attached hydrogen (secondary N) is 2. The maximum Gasteiger partial charge on any atom is 0.259 e. The van der Waals surface area contributed by atoms with Crippen LogP contribution in [0.25, 0.3) is 33.8 Å². The summed E-state index contributed by atoms with van der Waals surface area (Å²) in [5, 5.41) is 12.6. The van der Waals surface area contributed by atoms with Gasteiger partial charge in [-0.15, -0.1) is 11.3 Å². The fourth-order valence-corrected chi connectivity index (χ4v) is 4.50. The lowest BCUT2D eigenvalue weighted by molar-refractivity contribution is -0.119. The first-order valence-corrected chi connectivity index (χ1v) is 11.7. The Bertz CT molecular complexity index is 1520. The van der Waals surface area contributed by atoms with Gasteiger partial charge < -0.3 is 14.3 Å². The first-order valence-electron chi connectivity index (χ1n) is 10.8. The first-order chi connectivity index (χ1) is 16.9. The van der Waals surface area contributed by atoms with Crippen molar-refractivity contribution >= 4 is 39.4 Å². The molecule has 0 aliphatic rings. The maximum atomic E-state index is 13.2. The predicted molar refractivity (Wildman–Crippen MR) is 132 cm³/mol. The van der Waals surface area contributed by atoms with Crippen LogP contribution in [0.3, 0.4) is 0 Å². The Hall–Kier alpha value is -4.31. The number of benzene rings is 1. The molecule has 35 heavy (non-hydrogen) atoms. The molecule has 1 aromatic carbocycles. The summed E-state index contributed by atoms with van der Waals surface area (Å²) < 4.78 is 10.8. The highest BCUT2D eigenvalue weighted by atomic mass is 32.1. The molecule has 0 aliphatic heterocycles. The molecular weight excluding hydrogens is 466 g/mol. The van der Waals surface area contributed by atoms with Crippen molar-refractivity contribution in [2.75, 3.05) is 5.32 Å². The summed E-state index contributed by atoms with van der Waals surface area (Å²) in [4.78, 5) is 33.5. The number of hydrogen-bond acceptors (Lipinski definition) is 8. The van der Waals surface area contributed by atoms with Gasteiger partial charge in [0.2, 0.25) is 5.91 Å². The van der Waals surface area contributed by atoms with Crippen molar-refractivity contribution in [1.29, 1.82) is 0 Å². The van der Waals surface area contributed by atoms with Crippen LogP contribution in [-0.4, -0.2) is 26.9 Å². The van der Waals surface area contributed by atoms with E-state index in [0.29, 0.717) is 33.2 Å². The predicted octanol–water partition coefficient (Wildman–Crippen LogP) is 5.36. The van der Waals surface area contributed by atoms with E-state index < -0.39 is 0 Å². The standard InChI is InChI=1S/C25H21N5O4S/c1-13(26-15(3)31)16-6-8-17(9-7-16)20-12-35-25(28-20)29-23(32)18-11-19(21-5-4-10-33-21)27-24-22(18)14(2)30-34-24/h4-13H,1-3H3,(H,26,31)(H,28,29,32). The lowest BCUT2D eigenvalue weighted by atomic mass is 10.1. The van der Waals surface area contributed by atoms with Gasteiger partial charge in [0.25, 0.3) is 11.6 Å². The van der Waals surface area contributed by atoms with Gasteiger partial charge in [-0.05, 0) is 37.6 Å². The molecule has 0 fully saturated rings. The van der Waals surface area contributed by atoms with Crippen LogP contribution in [0.15, 0.2) is 63.0 Å². The summed E-state index contributed by atoms with van der Waals surface area (Å²) >= 11 is 1.33. The lowest BCUT2D eigenvalue weighted by Crippen LogP contribution is -2.23. The number of hydrogen-bond donors (Lipinski definition) is 2. The number of aryl methyl sites for hydroxylation is 1. The first kappa shape index (κ1) is 22.5. The van der Waals surface area contributed by atoms with Gasteiger partial charge in [0.15, 0.2) is 10.9 Å². The Morgan fingerprint density at radius 2 is 1.89 bits per heavy atom. The fraction of sp³-hybridized carbons (Fsp3) is 0.160. The molecular formula is C25H21N5O4S. The van der Waals surface area contributed by atoms with Crippen LogP contribution in [0.2, 0.25) is 0 Å². The number of carbonyl (C=O) groups is 2. The number of pyridine rings is 1. The van der Waals surface area contributed by atoms with Crippen LogP contribution in [0, 0.1) is 6.92 Å². The van der Waals surface area contributed by atoms with Crippen molar-refractivity contribution in [3.8, 4) is 22.7 Å². The third-order valence-electron chi connectivity index (χ3n) is 5.49. The number of fused-ring (bicyclic) bond motifs is 1. The van der Waals surface area contributed by atoms with Crippen LogP contribution in [0.1, 0.15) is 41.5 Å². The molecule has 2 N–H and O–H groups in total. The van der Waals surface area contributed by atoms with E-state index in [9.17, 15) is 9.59 Å². The number of nitrogens with zero attached hydrogens (tertiary/aromatic N) is 3. The van der Waals surface area contributed by atoms with E-state index >= 15 is 0 Å². The Morgan fingerprint density at radius 1 is 1.09 bits per heavy atom. The lowest BCUT2D eigenvalue weighted by Gasteiger charge is -2.13. The molecule has 0 aliphatic carbocycles. The summed E-state index contributed by atoms with van der Waals surface area (Å²) in [6.07, 6.45) is 1.54. The van der Waals surface area contributed by atoms with Crippen molar-refractivity contribution < 1.29 is 18.5 Å². The number of amides is 2. The highest BCUT2D eigenvalue weighted by molar-refractivity contribution is 7.14. The highest BCUT2D eigenvalue weighted by Gasteiger charge is 2.21. The van der Waals surface area contributed by atoms with Gasteiger partial charge in [-0.1, -0.05) is 29.4 Å². The molecule has 9 nitrogen and oxygen atoms in total. The zero-order valence-electron chi connectivity index (χ0n) is 19.2. The Morgan fingerprint density at radius 3 is 2.60 bits per heavy atom. The molecule has 4 aromatic heterocycles. The van der Waals surface area contributed by atoms with Gasteiger partial charge in [0, 0.05) is 17.9 Å². The molecule has 10 heteroatoms. The van der Waals surface area contributed by atoms with Crippen LogP contribution in [0.4, 0.5) is 5.13 Å². The summed E-state index contributed by atoms with van der Waals surface area (Å²) in [5.41, 5.74) is 4.30. The zero-order chi connectivity index (χ0) is 24.5. The minimum atomic E-state index is -0.350. The quantitative estimate of drug-likeness (QED) is 0.330. The molecule has 0 saturated heterocycles. The molecule has 5 rings (SSSR count). The topological polar surface area (TPSA) is 123 Å². The van der Waals surface area contributed by atoms with E-state index in [-0.39, 0.29) is 23.6 Å². The van der Waals surface area contributed by atoms with Crippen molar-refractivity contribution in [3.05, 3.63) is 70.9 Å². The largest absolute Gasteiger partial charge is 0.463 e. The molecule has 0 spiro atoms. The summed E-state index contributed by atoms with van der Waals surface area (Å²) in [6.45, 7) is 5.18. The van der Waals surface area contributed by atoms with Gasteiger partial charge in [0.1, 0.15) is 5.69 Å². The normalized spacial score (nSPS) is 12.0. The van der Waals surface area contributed by atoms with Crippen molar-refractivity contribution in [3.63, 3.8) is 0 Å². The second kappa shape index (κ2) is 9.15. The van der Waals surface area contributed by atoms with Crippen molar-refractivity contribution in [2.24, 2.45) is 0 Å². The van der Waals surface area contributed by atoms with Gasteiger partial charge in [-0.2, -0.15) is 0 Å². The van der Waals surface area contributed by atoms with E-state index in [1.54, 1.807) is 25.1 Å². The second-order valence-corrected chi connectivity index (χ2v) is 8.87.